The number of carbonyl (C=O) groups excluding carboxylic acids is 1. The van der Waals surface area contributed by atoms with Crippen LogP contribution in [0, 0.1) is 0 Å². The van der Waals surface area contributed by atoms with E-state index in [4.69, 9.17) is 5.73 Å². The highest BCUT2D eigenvalue weighted by atomic mass is 16.1. The SMILES string of the molecule is CC(=O)Nc1ccc(Nc2ncnc(N(C)C)c2N)cc1. The fraction of sp³-hybridized carbons (Fsp3) is 0.214. The Bertz CT molecular complexity index is 638. The van der Waals surface area contributed by atoms with Crippen LogP contribution in [-0.4, -0.2) is 30.0 Å². The zero-order valence-corrected chi connectivity index (χ0v) is 12.2. The number of carbonyl (C=O) groups is 1. The minimum absolute atomic E-state index is 0.105. The molecule has 1 amide bonds. The Labute approximate surface area is 123 Å². The molecule has 7 nitrogen and oxygen atoms in total. The summed E-state index contributed by atoms with van der Waals surface area (Å²) in [6.07, 6.45) is 1.46. The van der Waals surface area contributed by atoms with Gasteiger partial charge in [0.15, 0.2) is 11.6 Å². The molecule has 0 aliphatic rings. The predicted octanol–water partition coefficient (Wildman–Crippen LogP) is 1.83. The molecule has 1 aromatic heterocycles. The van der Waals surface area contributed by atoms with Gasteiger partial charge in [0.05, 0.1) is 0 Å². The quantitative estimate of drug-likeness (QED) is 0.793. The minimum Gasteiger partial charge on any atom is -0.393 e. The monoisotopic (exact) mass is 286 g/mol. The van der Waals surface area contributed by atoms with Crippen LogP contribution in [0.4, 0.5) is 28.7 Å². The summed E-state index contributed by atoms with van der Waals surface area (Å²) in [6, 6.07) is 7.27. The summed E-state index contributed by atoms with van der Waals surface area (Å²) in [5.41, 5.74) is 8.07. The molecule has 2 rings (SSSR count). The fourth-order valence-electron chi connectivity index (χ4n) is 1.82. The summed E-state index contributed by atoms with van der Waals surface area (Å²) in [7, 11) is 3.73. The van der Waals surface area contributed by atoms with Gasteiger partial charge in [0, 0.05) is 32.4 Å². The molecule has 0 atom stereocenters. The van der Waals surface area contributed by atoms with E-state index >= 15 is 0 Å². The van der Waals surface area contributed by atoms with Gasteiger partial charge < -0.3 is 21.3 Å². The number of anilines is 5. The van der Waals surface area contributed by atoms with Crippen molar-refractivity contribution in [3.63, 3.8) is 0 Å². The summed E-state index contributed by atoms with van der Waals surface area (Å²) in [6.45, 7) is 1.47. The number of benzene rings is 1. The molecule has 0 radical (unpaired) electrons. The normalized spacial score (nSPS) is 10.0. The van der Waals surface area contributed by atoms with Crippen molar-refractivity contribution in [1.82, 2.24) is 9.97 Å². The van der Waals surface area contributed by atoms with Crippen LogP contribution >= 0.6 is 0 Å². The van der Waals surface area contributed by atoms with Gasteiger partial charge >= 0.3 is 0 Å². The van der Waals surface area contributed by atoms with Crippen LogP contribution in [-0.2, 0) is 4.79 Å². The molecular weight excluding hydrogens is 268 g/mol. The third-order valence-corrected chi connectivity index (χ3v) is 2.75. The van der Waals surface area contributed by atoms with Gasteiger partial charge in [-0.3, -0.25) is 4.79 Å². The topological polar surface area (TPSA) is 96.2 Å². The molecule has 21 heavy (non-hydrogen) atoms. The van der Waals surface area contributed by atoms with Crippen molar-refractivity contribution in [2.75, 3.05) is 35.4 Å². The highest BCUT2D eigenvalue weighted by Crippen LogP contribution is 2.27. The van der Waals surface area contributed by atoms with Crippen molar-refractivity contribution in [2.45, 2.75) is 6.92 Å². The Balaban J connectivity index is 2.18. The lowest BCUT2D eigenvalue weighted by molar-refractivity contribution is -0.114. The smallest absolute Gasteiger partial charge is 0.221 e. The molecular formula is C14H18N6O. The van der Waals surface area contributed by atoms with Crippen LogP contribution in [0.2, 0.25) is 0 Å². The first-order valence-corrected chi connectivity index (χ1v) is 6.40. The van der Waals surface area contributed by atoms with Gasteiger partial charge in [-0.1, -0.05) is 0 Å². The molecule has 0 saturated heterocycles. The Morgan fingerprint density at radius 1 is 1.14 bits per heavy atom. The van der Waals surface area contributed by atoms with Crippen LogP contribution in [0.3, 0.4) is 0 Å². The number of nitrogens with one attached hydrogen (secondary N) is 2. The van der Waals surface area contributed by atoms with E-state index in [0.29, 0.717) is 17.3 Å². The van der Waals surface area contributed by atoms with E-state index in [1.54, 1.807) is 12.1 Å². The Kier molecular flexibility index (Phi) is 4.22. The largest absolute Gasteiger partial charge is 0.393 e. The zero-order valence-electron chi connectivity index (χ0n) is 12.2. The van der Waals surface area contributed by atoms with Crippen LogP contribution < -0.4 is 21.3 Å². The van der Waals surface area contributed by atoms with E-state index in [0.717, 1.165) is 11.4 Å². The molecule has 1 aromatic carbocycles. The summed E-state index contributed by atoms with van der Waals surface area (Å²) in [5.74, 6) is 1.09. The van der Waals surface area contributed by atoms with Crippen molar-refractivity contribution < 1.29 is 4.79 Å². The molecule has 0 unspecified atom stereocenters. The second-order valence-electron chi connectivity index (χ2n) is 4.74. The Morgan fingerprint density at radius 2 is 1.76 bits per heavy atom. The number of hydrogen-bond donors (Lipinski definition) is 3. The van der Waals surface area contributed by atoms with Gasteiger partial charge in [0.1, 0.15) is 12.0 Å². The average Bonchev–Trinajstić information content (AvgIpc) is 2.42. The van der Waals surface area contributed by atoms with Gasteiger partial charge in [0.25, 0.3) is 0 Å². The third-order valence-electron chi connectivity index (χ3n) is 2.75. The number of nitrogens with zero attached hydrogens (tertiary/aromatic N) is 3. The lowest BCUT2D eigenvalue weighted by atomic mass is 10.2. The van der Waals surface area contributed by atoms with Gasteiger partial charge in [-0.05, 0) is 24.3 Å². The van der Waals surface area contributed by atoms with Crippen molar-refractivity contribution in [3.8, 4) is 0 Å². The van der Waals surface area contributed by atoms with Crippen molar-refractivity contribution in [3.05, 3.63) is 30.6 Å². The van der Waals surface area contributed by atoms with Crippen molar-refractivity contribution in [2.24, 2.45) is 0 Å². The third kappa shape index (κ3) is 3.59. The molecule has 0 fully saturated rings. The van der Waals surface area contributed by atoms with Gasteiger partial charge in [-0.2, -0.15) is 0 Å². The summed E-state index contributed by atoms with van der Waals surface area (Å²) in [5, 5.41) is 5.84. The second-order valence-corrected chi connectivity index (χ2v) is 4.74. The number of nitrogens with two attached hydrogens (primary N) is 1. The van der Waals surface area contributed by atoms with E-state index in [9.17, 15) is 4.79 Å². The molecule has 110 valence electrons. The number of hydrogen-bond acceptors (Lipinski definition) is 6. The first-order chi connectivity index (χ1) is 9.97. The first kappa shape index (κ1) is 14.6. The van der Waals surface area contributed by atoms with E-state index in [2.05, 4.69) is 20.6 Å². The molecule has 0 spiro atoms. The lowest BCUT2D eigenvalue weighted by Gasteiger charge is -2.16. The van der Waals surface area contributed by atoms with Crippen LogP contribution in [0.5, 0.6) is 0 Å². The number of aromatic nitrogens is 2. The van der Waals surface area contributed by atoms with Crippen LogP contribution in [0.25, 0.3) is 0 Å². The van der Waals surface area contributed by atoms with E-state index < -0.39 is 0 Å². The fourth-order valence-corrected chi connectivity index (χ4v) is 1.82. The number of amides is 1. The van der Waals surface area contributed by atoms with E-state index in [1.165, 1.54) is 13.3 Å². The van der Waals surface area contributed by atoms with E-state index in [-0.39, 0.29) is 5.91 Å². The molecule has 0 saturated carbocycles. The van der Waals surface area contributed by atoms with E-state index in [1.807, 2.05) is 31.1 Å². The molecule has 2 aromatic rings. The Morgan fingerprint density at radius 3 is 2.33 bits per heavy atom. The predicted molar refractivity (Wildman–Crippen MR) is 84.8 cm³/mol. The Hall–Kier alpha value is -2.83. The highest BCUT2D eigenvalue weighted by Gasteiger charge is 2.09. The maximum Gasteiger partial charge on any atom is 0.221 e. The average molecular weight is 286 g/mol. The minimum atomic E-state index is -0.105. The molecule has 4 N–H and O–H groups in total. The molecule has 0 bridgehead atoms. The van der Waals surface area contributed by atoms with Crippen molar-refractivity contribution >= 4 is 34.6 Å². The molecule has 7 heteroatoms. The summed E-state index contributed by atoms with van der Waals surface area (Å²) in [4.78, 5) is 21.1. The molecule has 1 heterocycles. The van der Waals surface area contributed by atoms with Gasteiger partial charge in [-0.15, -0.1) is 0 Å². The van der Waals surface area contributed by atoms with Crippen LogP contribution in [0.15, 0.2) is 30.6 Å². The number of rotatable bonds is 4. The second kappa shape index (κ2) is 6.08. The maximum absolute atomic E-state index is 11.0. The molecule has 0 aliphatic heterocycles. The summed E-state index contributed by atoms with van der Waals surface area (Å²) >= 11 is 0. The van der Waals surface area contributed by atoms with Gasteiger partial charge in [-0.25, -0.2) is 9.97 Å². The lowest BCUT2D eigenvalue weighted by Crippen LogP contribution is -2.14. The first-order valence-electron chi connectivity index (χ1n) is 6.40. The van der Waals surface area contributed by atoms with Crippen LogP contribution in [0.1, 0.15) is 6.92 Å². The van der Waals surface area contributed by atoms with Gasteiger partial charge in [0.2, 0.25) is 5.91 Å². The number of nitrogen functional groups attached to an aromatic ring is 1. The standard InChI is InChI=1S/C14H18N6O/c1-9(21)18-10-4-6-11(7-5-10)19-13-12(15)14(20(2)3)17-8-16-13/h4-8H,15H2,1-3H3,(H,18,21)(H,16,17,19). The highest BCUT2D eigenvalue weighted by molar-refractivity contribution is 5.89. The molecule has 0 aliphatic carbocycles. The zero-order chi connectivity index (χ0) is 15.4. The maximum atomic E-state index is 11.0. The summed E-state index contributed by atoms with van der Waals surface area (Å²) < 4.78 is 0. The van der Waals surface area contributed by atoms with Crippen molar-refractivity contribution in [1.29, 1.82) is 0 Å².